The lowest BCUT2D eigenvalue weighted by Crippen LogP contribution is -2.36. The first kappa shape index (κ1) is 10.8. The maximum absolute atomic E-state index is 8.33. The molecule has 0 aromatic carbocycles. The molecule has 0 saturated heterocycles. The Bertz CT molecular complexity index is 90.2. The Balaban J connectivity index is 3.02. The van der Waals surface area contributed by atoms with Crippen molar-refractivity contribution < 1.29 is 14.6 Å². The van der Waals surface area contributed by atoms with E-state index in [1.165, 1.54) is 0 Å². The molecule has 0 aliphatic rings. The highest BCUT2D eigenvalue weighted by molar-refractivity contribution is 4.55. The smallest absolute Gasteiger partial charge is 0.111 e. The summed E-state index contributed by atoms with van der Waals surface area (Å²) in [6.07, 6.45) is 0. The van der Waals surface area contributed by atoms with Crippen molar-refractivity contribution in [3.63, 3.8) is 0 Å². The SMILES string of the molecule is CC(C)(N)OCCOCCO. The van der Waals surface area contributed by atoms with E-state index in [1.54, 1.807) is 13.8 Å². The second-order valence-electron chi connectivity index (χ2n) is 2.79. The van der Waals surface area contributed by atoms with Gasteiger partial charge < -0.3 is 20.3 Å². The standard InChI is InChI=1S/C7H17NO3/c1-7(2,8)11-6-5-10-4-3-9/h9H,3-6,8H2,1-2H3. The van der Waals surface area contributed by atoms with E-state index in [2.05, 4.69) is 0 Å². The molecule has 0 bridgehead atoms. The number of rotatable bonds is 6. The zero-order chi connectivity index (χ0) is 8.74. The molecule has 68 valence electrons. The summed E-state index contributed by atoms with van der Waals surface area (Å²) < 4.78 is 10.1. The highest BCUT2D eigenvalue weighted by atomic mass is 16.5. The maximum Gasteiger partial charge on any atom is 0.111 e. The predicted molar refractivity (Wildman–Crippen MR) is 42.1 cm³/mol. The minimum atomic E-state index is -0.595. The third-order valence-electron chi connectivity index (χ3n) is 0.937. The van der Waals surface area contributed by atoms with Crippen molar-refractivity contribution in [2.45, 2.75) is 19.6 Å². The molecular formula is C7H17NO3. The number of nitrogens with two attached hydrogens (primary N) is 1. The minimum Gasteiger partial charge on any atom is -0.394 e. The molecule has 0 aromatic heterocycles. The van der Waals surface area contributed by atoms with Crippen LogP contribution in [0.1, 0.15) is 13.8 Å². The van der Waals surface area contributed by atoms with Gasteiger partial charge in [-0.3, -0.25) is 0 Å². The fourth-order valence-electron chi connectivity index (χ4n) is 0.530. The first-order chi connectivity index (χ1) is 5.06. The van der Waals surface area contributed by atoms with Crippen LogP contribution in [0.3, 0.4) is 0 Å². The van der Waals surface area contributed by atoms with Crippen LogP contribution in [0.25, 0.3) is 0 Å². The van der Waals surface area contributed by atoms with Crippen molar-refractivity contribution in [2.75, 3.05) is 26.4 Å². The largest absolute Gasteiger partial charge is 0.394 e. The van der Waals surface area contributed by atoms with Gasteiger partial charge in [0.2, 0.25) is 0 Å². The van der Waals surface area contributed by atoms with Crippen LogP contribution in [-0.2, 0) is 9.47 Å². The summed E-state index contributed by atoms with van der Waals surface area (Å²) in [6.45, 7) is 4.89. The second kappa shape index (κ2) is 5.49. The Kier molecular flexibility index (Phi) is 5.41. The van der Waals surface area contributed by atoms with Gasteiger partial charge in [-0.05, 0) is 13.8 Å². The normalized spacial score (nSPS) is 12.0. The van der Waals surface area contributed by atoms with Gasteiger partial charge in [0.15, 0.2) is 0 Å². The zero-order valence-electron chi connectivity index (χ0n) is 7.17. The van der Waals surface area contributed by atoms with Crippen molar-refractivity contribution in [3.05, 3.63) is 0 Å². The van der Waals surface area contributed by atoms with E-state index < -0.39 is 5.72 Å². The van der Waals surface area contributed by atoms with Crippen LogP contribution in [-0.4, -0.2) is 37.3 Å². The van der Waals surface area contributed by atoms with Gasteiger partial charge in [0.05, 0.1) is 26.4 Å². The first-order valence-corrected chi connectivity index (χ1v) is 3.68. The van der Waals surface area contributed by atoms with Crippen LogP contribution in [0.2, 0.25) is 0 Å². The average Bonchev–Trinajstić information content (AvgIpc) is 1.85. The summed E-state index contributed by atoms with van der Waals surface area (Å²) in [7, 11) is 0. The van der Waals surface area contributed by atoms with Crippen LogP contribution in [0.5, 0.6) is 0 Å². The van der Waals surface area contributed by atoms with Crippen molar-refractivity contribution in [1.82, 2.24) is 0 Å². The summed E-state index contributed by atoms with van der Waals surface area (Å²) >= 11 is 0. The molecule has 0 atom stereocenters. The number of ether oxygens (including phenoxy) is 2. The maximum atomic E-state index is 8.33. The zero-order valence-corrected chi connectivity index (χ0v) is 7.17. The third kappa shape index (κ3) is 9.84. The lowest BCUT2D eigenvalue weighted by molar-refractivity contribution is -0.0452. The Morgan fingerprint density at radius 1 is 1.27 bits per heavy atom. The topological polar surface area (TPSA) is 64.7 Å². The van der Waals surface area contributed by atoms with Crippen molar-refractivity contribution in [3.8, 4) is 0 Å². The molecule has 0 radical (unpaired) electrons. The van der Waals surface area contributed by atoms with Crippen LogP contribution in [0.4, 0.5) is 0 Å². The van der Waals surface area contributed by atoms with Crippen LogP contribution >= 0.6 is 0 Å². The summed E-state index contributed by atoms with van der Waals surface area (Å²) in [4.78, 5) is 0. The van der Waals surface area contributed by atoms with E-state index in [0.717, 1.165) is 0 Å². The van der Waals surface area contributed by atoms with Crippen molar-refractivity contribution >= 4 is 0 Å². The molecular weight excluding hydrogens is 146 g/mol. The summed E-state index contributed by atoms with van der Waals surface area (Å²) in [5.74, 6) is 0. The van der Waals surface area contributed by atoms with Crippen LogP contribution < -0.4 is 5.73 Å². The molecule has 0 fully saturated rings. The number of aliphatic hydroxyl groups excluding tert-OH is 1. The molecule has 0 heterocycles. The third-order valence-corrected chi connectivity index (χ3v) is 0.937. The number of hydrogen-bond donors (Lipinski definition) is 2. The molecule has 4 nitrogen and oxygen atoms in total. The number of aliphatic hydroxyl groups is 1. The summed E-state index contributed by atoms with van der Waals surface area (Å²) in [6, 6.07) is 0. The van der Waals surface area contributed by atoms with E-state index in [9.17, 15) is 0 Å². The Morgan fingerprint density at radius 2 is 1.91 bits per heavy atom. The molecule has 0 rings (SSSR count). The van der Waals surface area contributed by atoms with Gasteiger partial charge in [-0.15, -0.1) is 0 Å². The Morgan fingerprint density at radius 3 is 2.36 bits per heavy atom. The Hall–Kier alpha value is -0.160. The van der Waals surface area contributed by atoms with Gasteiger partial charge in [0, 0.05) is 0 Å². The minimum absolute atomic E-state index is 0.0476. The number of hydrogen-bond acceptors (Lipinski definition) is 4. The van der Waals surface area contributed by atoms with Crippen LogP contribution in [0, 0.1) is 0 Å². The molecule has 0 amide bonds. The van der Waals surface area contributed by atoms with Gasteiger partial charge in [-0.2, -0.15) is 0 Å². The highest BCUT2D eigenvalue weighted by Crippen LogP contribution is 1.97. The van der Waals surface area contributed by atoms with E-state index in [-0.39, 0.29) is 6.61 Å². The van der Waals surface area contributed by atoms with E-state index in [4.69, 9.17) is 20.3 Å². The fourth-order valence-corrected chi connectivity index (χ4v) is 0.530. The molecule has 3 N–H and O–H groups in total. The molecule has 11 heavy (non-hydrogen) atoms. The van der Waals surface area contributed by atoms with Crippen molar-refractivity contribution in [2.24, 2.45) is 5.73 Å². The lowest BCUT2D eigenvalue weighted by Gasteiger charge is -2.19. The first-order valence-electron chi connectivity index (χ1n) is 3.68. The molecule has 0 aromatic rings. The lowest BCUT2D eigenvalue weighted by atomic mass is 10.3. The van der Waals surface area contributed by atoms with Crippen LogP contribution in [0.15, 0.2) is 0 Å². The fraction of sp³-hybridized carbons (Fsp3) is 1.00. The predicted octanol–water partition coefficient (Wildman–Crippen LogP) is -0.293. The molecule has 0 unspecified atom stereocenters. The molecule has 0 spiro atoms. The quantitative estimate of drug-likeness (QED) is 0.417. The Labute approximate surface area is 67.3 Å². The molecule has 4 heteroatoms. The van der Waals surface area contributed by atoms with Crippen molar-refractivity contribution in [1.29, 1.82) is 0 Å². The highest BCUT2D eigenvalue weighted by Gasteiger charge is 2.08. The van der Waals surface area contributed by atoms with Gasteiger partial charge in [-0.25, -0.2) is 0 Å². The van der Waals surface area contributed by atoms with Gasteiger partial charge in [0.25, 0.3) is 0 Å². The molecule has 0 aliphatic carbocycles. The average molecular weight is 163 g/mol. The van der Waals surface area contributed by atoms with Gasteiger partial charge in [0.1, 0.15) is 5.72 Å². The second-order valence-corrected chi connectivity index (χ2v) is 2.79. The molecule has 0 saturated carbocycles. The monoisotopic (exact) mass is 163 g/mol. The van der Waals surface area contributed by atoms with E-state index >= 15 is 0 Å². The van der Waals surface area contributed by atoms with E-state index in [0.29, 0.717) is 19.8 Å². The molecule has 0 aliphatic heterocycles. The summed E-state index contributed by atoms with van der Waals surface area (Å²) in [5, 5.41) is 8.33. The van der Waals surface area contributed by atoms with Gasteiger partial charge >= 0.3 is 0 Å². The van der Waals surface area contributed by atoms with E-state index in [1.807, 2.05) is 0 Å². The summed E-state index contributed by atoms with van der Waals surface area (Å²) in [5.41, 5.74) is 4.93. The van der Waals surface area contributed by atoms with Gasteiger partial charge in [-0.1, -0.05) is 0 Å².